The summed E-state index contributed by atoms with van der Waals surface area (Å²) in [6.07, 6.45) is 0.414. The average Bonchev–Trinajstić information content (AvgIpc) is 2.69. The molecule has 0 aliphatic rings. The van der Waals surface area contributed by atoms with Gasteiger partial charge in [0, 0.05) is 28.5 Å². The predicted molar refractivity (Wildman–Crippen MR) is 106 cm³/mol. The first kappa shape index (κ1) is 17.0. The highest BCUT2D eigenvalue weighted by atomic mass is 16.5. The average molecular weight is 357 g/mol. The summed E-state index contributed by atoms with van der Waals surface area (Å²) in [5.41, 5.74) is 5.00. The summed E-state index contributed by atoms with van der Waals surface area (Å²) in [6, 6.07) is 19.7. The molecule has 27 heavy (non-hydrogen) atoms. The van der Waals surface area contributed by atoms with E-state index in [4.69, 9.17) is 4.74 Å². The van der Waals surface area contributed by atoms with Crippen LogP contribution in [-0.4, -0.2) is 22.3 Å². The Labute approximate surface area is 156 Å². The summed E-state index contributed by atoms with van der Waals surface area (Å²) in [6.45, 7) is 2.04. The number of methoxy groups -OCH3 is 1. The summed E-state index contributed by atoms with van der Waals surface area (Å²) in [5, 5.41) is 7.80. The molecule has 1 N–H and O–H groups in total. The third-order valence-electron chi connectivity index (χ3n) is 4.53. The zero-order valence-electron chi connectivity index (χ0n) is 15.2. The number of hydrogen-bond donors (Lipinski definition) is 1. The molecule has 0 bridgehead atoms. The van der Waals surface area contributed by atoms with Crippen molar-refractivity contribution >= 4 is 10.9 Å². The van der Waals surface area contributed by atoms with Gasteiger partial charge in [-0.1, -0.05) is 42.0 Å². The summed E-state index contributed by atoms with van der Waals surface area (Å²) in [5.74, 6) is 0.531. The number of benzene rings is 2. The maximum Gasteiger partial charge on any atom is 0.267 e. The number of nitrogens with one attached hydrogen (secondary N) is 1. The van der Waals surface area contributed by atoms with Gasteiger partial charge < -0.3 is 4.74 Å². The second-order valence-electron chi connectivity index (χ2n) is 6.50. The number of aromatic nitrogens is 3. The monoisotopic (exact) mass is 357 g/mol. The molecule has 0 spiro atoms. The molecule has 4 rings (SSSR count). The molecule has 0 saturated carbocycles. The van der Waals surface area contributed by atoms with Gasteiger partial charge in [0.25, 0.3) is 5.56 Å². The molecule has 0 aliphatic heterocycles. The minimum Gasteiger partial charge on any atom is -0.481 e. The van der Waals surface area contributed by atoms with E-state index < -0.39 is 0 Å². The summed E-state index contributed by atoms with van der Waals surface area (Å²) in [7, 11) is 1.60. The molecule has 5 heteroatoms. The van der Waals surface area contributed by atoms with Crippen LogP contribution < -0.4 is 10.3 Å². The van der Waals surface area contributed by atoms with Crippen molar-refractivity contribution in [3.8, 4) is 17.1 Å². The molecule has 0 amide bonds. The normalized spacial score (nSPS) is 10.9. The van der Waals surface area contributed by atoms with Crippen molar-refractivity contribution in [1.29, 1.82) is 0 Å². The second kappa shape index (κ2) is 7.03. The fraction of sp³-hybridized carbons (Fsp3) is 0.136. The fourth-order valence-corrected chi connectivity index (χ4v) is 3.16. The molecule has 2 heterocycles. The molecular formula is C22H19N3O2. The van der Waals surface area contributed by atoms with Crippen LogP contribution in [0.15, 0.2) is 65.5 Å². The van der Waals surface area contributed by atoms with Crippen LogP contribution in [0.3, 0.4) is 0 Å². The minimum atomic E-state index is -0.207. The van der Waals surface area contributed by atoms with Crippen LogP contribution in [0.5, 0.6) is 5.88 Å². The lowest BCUT2D eigenvalue weighted by Crippen LogP contribution is -2.15. The number of H-pyrrole nitrogens is 1. The third kappa shape index (κ3) is 3.44. The van der Waals surface area contributed by atoms with Crippen molar-refractivity contribution in [2.24, 2.45) is 0 Å². The van der Waals surface area contributed by atoms with Gasteiger partial charge in [0.2, 0.25) is 5.88 Å². The summed E-state index contributed by atoms with van der Waals surface area (Å²) >= 11 is 0. The van der Waals surface area contributed by atoms with Gasteiger partial charge >= 0.3 is 0 Å². The third-order valence-corrected chi connectivity index (χ3v) is 4.53. The first-order valence-corrected chi connectivity index (χ1v) is 8.72. The summed E-state index contributed by atoms with van der Waals surface area (Å²) < 4.78 is 5.47. The molecule has 2 aromatic heterocycles. The van der Waals surface area contributed by atoms with Crippen molar-refractivity contribution in [2.45, 2.75) is 13.3 Å². The maximum absolute atomic E-state index is 12.3. The van der Waals surface area contributed by atoms with E-state index in [9.17, 15) is 4.79 Å². The molecule has 0 radical (unpaired) electrons. The summed E-state index contributed by atoms with van der Waals surface area (Å²) in [4.78, 5) is 16.9. The maximum atomic E-state index is 12.3. The van der Waals surface area contributed by atoms with Gasteiger partial charge in [-0.05, 0) is 31.2 Å². The molecule has 2 aromatic carbocycles. The van der Waals surface area contributed by atoms with Crippen LogP contribution in [0.2, 0.25) is 0 Å². The first-order valence-electron chi connectivity index (χ1n) is 8.72. The lowest BCUT2D eigenvalue weighted by molar-refractivity contribution is 0.395. The molecular weight excluding hydrogens is 338 g/mol. The number of aromatic amines is 1. The SMILES string of the molecule is COc1nc2ccc(C)cc2cc1Cc1cc(-c2ccccc2)n[nH]c1=O. The highest BCUT2D eigenvalue weighted by Gasteiger charge is 2.12. The Kier molecular flexibility index (Phi) is 4.42. The number of pyridine rings is 1. The number of fused-ring (bicyclic) bond motifs is 1. The highest BCUT2D eigenvalue weighted by molar-refractivity contribution is 5.81. The highest BCUT2D eigenvalue weighted by Crippen LogP contribution is 2.25. The second-order valence-corrected chi connectivity index (χ2v) is 6.50. The molecule has 134 valence electrons. The van der Waals surface area contributed by atoms with E-state index >= 15 is 0 Å². The van der Waals surface area contributed by atoms with Gasteiger partial charge in [-0.2, -0.15) is 5.10 Å². The van der Waals surface area contributed by atoms with Crippen molar-refractivity contribution in [3.63, 3.8) is 0 Å². The lowest BCUT2D eigenvalue weighted by Gasteiger charge is -2.10. The van der Waals surface area contributed by atoms with Crippen LogP contribution in [0, 0.1) is 6.92 Å². The van der Waals surface area contributed by atoms with Gasteiger partial charge in [0.15, 0.2) is 0 Å². The number of aryl methyl sites for hydroxylation is 1. The largest absolute Gasteiger partial charge is 0.481 e. The lowest BCUT2D eigenvalue weighted by atomic mass is 10.0. The van der Waals surface area contributed by atoms with E-state index in [1.165, 1.54) is 0 Å². The van der Waals surface area contributed by atoms with Crippen LogP contribution >= 0.6 is 0 Å². The fourth-order valence-electron chi connectivity index (χ4n) is 3.16. The molecule has 0 unspecified atom stereocenters. The number of ether oxygens (including phenoxy) is 1. The molecule has 0 saturated heterocycles. The van der Waals surface area contributed by atoms with Crippen LogP contribution in [0.25, 0.3) is 22.2 Å². The smallest absolute Gasteiger partial charge is 0.267 e. The first-order chi connectivity index (χ1) is 13.1. The molecule has 0 atom stereocenters. The van der Waals surface area contributed by atoms with Gasteiger partial charge in [-0.15, -0.1) is 0 Å². The Morgan fingerprint density at radius 2 is 1.81 bits per heavy atom. The van der Waals surface area contributed by atoms with E-state index in [1.54, 1.807) is 7.11 Å². The Balaban J connectivity index is 1.78. The van der Waals surface area contributed by atoms with E-state index in [1.807, 2.05) is 61.5 Å². The number of nitrogens with zero attached hydrogens (tertiary/aromatic N) is 2. The van der Waals surface area contributed by atoms with E-state index in [0.29, 0.717) is 17.9 Å². The van der Waals surface area contributed by atoms with E-state index in [-0.39, 0.29) is 5.56 Å². The number of hydrogen-bond acceptors (Lipinski definition) is 4. The Hall–Kier alpha value is -3.47. The quantitative estimate of drug-likeness (QED) is 0.602. The zero-order valence-corrected chi connectivity index (χ0v) is 15.2. The van der Waals surface area contributed by atoms with Crippen molar-refractivity contribution in [2.75, 3.05) is 7.11 Å². The Morgan fingerprint density at radius 3 is 2.59 bits per heavy atom. The molecule has 0 fully saturated rings. The topological polar surface area (TPSA) is 67.9 Å². The number of rotatable bonds is 4. The van der Waals surface area contributed by atoms with Crippen LogP contribution in [0.4, 0.5) is 0 Å². The molecule has 0 aliphatic carbocycles. The van der Waals surface area contributed by atoms with Gasteiger partial charge in [0.1, 0.15) is 0 Å². The van der Waals surface area contributed by atoms with Gasteiger partial charge in [-0.25, -0.2) is 10.1 Å². The van der Waals surface area contributed by atoms with Crippen molar-refractivity contribution < 1.29 is 4.74 Å². The zero-order chi connectivity index (χ0) is 18.8. The van der Waals surface area contributed by atoms with Crippen LogP contribution in [0.1, 0.15) is 16.7 Å². The van der Waals surface area contributed by atoms with Crippen LogP contribution in [-0.2, 0) is 6.42 Å². The molecule has 4 aromatic rings. The minimum absolute atomic E-state index is 0.207. The van der Waals surface area contributed by atoms with Crippen molar-refractivity contribution in [3.05, 3.63) is 87.7 Å². The standard InChI is InChI=1S/C22H19N3O2/c1-14-8-9-19-16(10-14)11-18(22(23-19)27-2)12-17-13-20(24-25-21(17)26)15-6-4-3-5-7-15/h3-11,13H,12H2,1-2H3,(H,25,26). The Bertz CT molecular complexity index is 1170. The van der Waals surface area contributed by atoms with E-state index in [2.05, 4.69) is 21.2 Å². The van der Waals surface area contributed by atoms with Crippen molar-refractivity contribution in [1.82, 2.24) is 15.2 Å². The van der Waals surface area contributed by atoms with Gasteiger partial charge in [0.05, 0.1) is 18.3 Å². The van der Waals surface area contributed by atoms with Gasteiger partial charge in [-0.3, -0.25) is 4.79 Å². The predicted octanol–water partition coefficient (Wildman–Crippen LogP) is 3.89. The Morgan fingerprint density at radius 1 is 1.00 bits per heavy atom. The molecule has 5 nitrogen and oxygen atoms in total. The van der Waals surface area contributed by atoms with E-state index in [0.717, 1.165) is 33.3 Å².